The van der Waals surface area contributed by atoms with Crippen LogP contribution in [0.15, 0.2) is 42.5 Å². The molecule has 0 aliphatic heterocycles. The molecule has 0 unspecified atom stereocenters. The number of aliphatic hydroxyl groups is 1. The number of aliphatic carboxylic acids is 1. The highest BCUT2D eigenvalue weighted by molar-refractivity contribution is 5.85. The molecule has 4 bridgehead atoms. The number of hydrogen-bond donors (Lipinski definition) is 2. The van der Waals surface area contributed by atoms with Crippen LogP contribution >= 0.6 is 0 Å². The second kappa shape index (κ2) is 7.83. The normalized spacial score (nSPS) is 28.9. The van der Waals surface area contributed by atoms with E-state index in [0.29, 0.717) is 0 Å². The van der Waals surface area contributed by atoms with Crippen molar-refractivity contribution in [2.45, 2.75) is 50.5 Å². The van der Waals surface area contributed by atoms with Gasteiger partial charge in [0.15, 0.2) is 0 Å². The van der Waals surface area contributed by atoms with Crippen molar-refractivity contribution < 1.29 is 19.7 Å². The first-order valence-corrected chi connectivity index (χ1v) is 11.3. The first kappa shape index (κ1) is 20.3. The molecular formula is C27H30O4. The summed E-state index contributed by atoms with van der Waals surface area (Å²) < 4.78 is 5.84. The molecule has 2 aromatic carbocycles. The highest BCUT2D eigenvalue weighted by Crippen LogP contribution is 2.62. The van der Waals surface area contributed by atoms with Crippen LogP contribution in [0.5, 0.6) is 5.75 Å². The number of rotatable bonds is 6. The highest BCUT2D eigenvalue weighted by Gasteiger charge is 2.52. The van der Waals surface area contributed by atoms with E-state index >= 15 is 0 Å². The predicted octanol–water partition coefficient (Wildman–Crippen LogP) is 5.42. The van der Waals surface area contributed by atoms with Crippen LogP contribution in [-0.4, -0.2) is 23.3 Å². The summed E-state index contributed by atoms with van der Waals surface area (Å²) in [7, 11) is 1.77. The van der Waals surface area contributed by atoms with Crippen LogP contribution in [0, 0.1) is 17.8 Å². The summed E-state index contributed by atoms with van der Waals surface area (Å²) in [5, 5.41) is 18.9. The number of carboxylic acids is 1. The Morgan fingerprint density at radius 1 is 1.06 bits per heavy atom. The van der Waals surface area contributed by atoms with Crippen LogP contribution in [0.4, 0.5) is 0 Å². The van der Waals surface area contributed by atoms with E-state index in [1.54, 1.807) is 13.2 Å². The maximum atomic E-state index is 10.8. The van der Waals surface area contributed by atoms with E-state index in [0.717, 1.165) is 51.8 Å². The second-order valence-corrected chi connectivity index (χ2v) is 9.86. The molecular weight excluding hydrogens is 388 g/mol. The van der Waals surface area contributed by atoms with Crippen LogP contribution in [0.3, 0.4) is 0 Å². The van der Waals surface area contributed by atoms with Gasteiger partial charge in [0.25, 0.3) is 0 Å². The molecule has 6 rings (SSSR count). The first-order valence-electron chi connectivity index (χ1n) is 11.3. The monoisotopic (exact) mass is 418 g/mol. The summed E-state index contributed by atoms with van der Waals surface area (Å²) in [6, 6.07) is 12.2. The van der Waals surface area contributed by atoms with E-state index < -0.39 is 5.97 Å². The SMILES string of the molecule is COc1ccc(-c2ccc(/C=C/C(=O)O)cc2CO)cc1C12CC3CC(CC(C3)C1)C2. The van der Waals surface area contributed by atoms with Gasteiger partial charge in [0.2, 0.25) is 0 Å². The van der Waals surface area contributed by atoms with Gasteiger partial charge in [0.1, 0.15) is 5.75 Å². The van der Waals surface area contributed by atoms with Gasteiger partial charge in [-0.3, -0.25) is 0 Å². The van der Waals surface area contributed by atoms with Gasteiger partial charge in [-0.15, -0.1) is 0 Å². The largest absolute Gasteiger partial charge is 0.496 e. The fourth-order valence-electron chi connectivity index (χ4n) is 7.03. The van der Waals surface area contributed by atoms with Gasteiger partial charge < -0.3 is 14.9 Å². The van der Waals surface area contributed by atoms with Crippen molar-refractivity contribution in [3.05, 3.63) is 59.2 Å². The molecule has 4 aliphatic carbocycles. The molecule has 4 saturated carbocycles. The van der Waals surface area contributed by atoms with Crippen LogP contribution < -0.4 is 4.74 Å². The van der Waals surface area contributed by atoms with Crippen molar-refractivity contribution in [2.75, 3.05) is 7.11 Å². The van der Waals surface area contributed by atoms with Crippen LogP contribution in [0.1, 0.15) is 55.2 Å². The van der Waals surface area contributed by atoms with E-state index in [2.05, 4.69) is 18.2 Å². The zero-order valence-corrected chi connectivity index (χ0v) is 18.0. The number of hydrogen-bond acceptors (Lipinski definition) is 3. The molecule has 0 aromatic heterocycles. The van der Waals surface area contributed by atoms with Gasteiger partial charge >= 0.3 is 5.97 Å². The number of benzene rings is 2. The first-order chi connectivity index (χ1) is 15.0. The van der Waals surface area contributed by atoms with E-state index in [1.807, 2.05) is 18.2 Å². The van der Waals surface area contributed by atoms with Crippen LogP contribution in [0.25, 0.3) is 17.2 Å². The molecule has 162 valence electrons. The van der Waals surface area contributed by atoms with Crippen LogP contribution in [-0.2, 0) is 16.8 Å². The number of methoxy groups -OCH3 is 1. The Kier molecular flexibility index (Phi) is 5.13. The van der Waals surface area contributed by atoms with Crippen LogP contribution in [0.2, 0.25) is 0 Å². The Balaban J connectivity index is 1.56. The minimum Gasteiger partial charge on any atom is -0.496 e. The number of aliphatic hydroxyl groups excluding tert-OH is 1. The second-order valence-electron chi connectivity index (χ2n) is 9.86. The molecule has 2 N–H and O–H groups in total. The Labute approximate surface area is 183 Å². The number of carboxylic acid groups (broad SMARTS) is 1. The Morgan fingerprint density at radius 3 is 2.32 bits per heavy atom. The lowest BCUT2D eigenvalue weighted by Crippen LogP contribution is -2.48. The van der Waals surface area contributed by atoms with E-state index in [9.17, 15) is 9.90 Å². The van der Waals surface area contributed by atoms with E-state index in [1.165, 1.54) is 44.1 Å². The summed E-state index contributed by atoms with van der Waals surface area (Å²) >= 11 is 0. The van der Waals surface area contributed by atoms with Crippen molar-refractivity contribution >= 4 is 12.0 Å². The molecule has 0 radical (unpaired) electrons. The lowest BCUT2D eigenvalue weighted by atomic mass is 9.48. The van der Waals surface area contributed by atoms with Gasteiger partial charge in [0.05, 0.1) is 13.7 Å². The third-order valence-electron chi connectivity index (χ3n) is 7.84. The minimum absolute atomic E-state index is 0.0944. The third kappa shape index (κ3) is 3.67. The summed E-state index contributed by atoms with van der Waals surface area (Å²) in [5.41, 5.74) is 5.21. The molecule has 31 heavy (non-hydrogen) atoms. The lowest BCUT2D eigenvalue weighted by Gasteiger charge is -2.57. The quantitative estimate of drug-likeness (QED) is 0.615. The molecule has 4 nitrogen and oxygen atoms in total. The molecule has 0 amide bonds. The van der Waals surface area contributed by atoms with Gasteiger partial charge in [-0.25, -0.2) is 4.79 Å². The van der Waals surface area contributed by atoms with Gasteiger partial charge in [-0.2, -0.15) is 0 Å². The summed E-state index contributed by atoms with van der Waals surface area (Å²) in [6.07, 6.45) is 10.7. The van der Waals surface area contributed by atoms with E-state index in [-0.39, 0.29) is 12.0 Å². The topological polar surface area (TPSA) is 66.8 Å². The molecule has 0 spiro atoms. The summed E-state index contributed by atoms with van der Waals surface area (Å²) in [5.74, 6) is 2.57. The predicted molar refractivity (Wildman–Crippen MR) is 121 cm³/mol. The third-order valence-corrected chi connectivity index (χ3v) is 7.84. The number of ether oxygens (including phenoxy) is 1. The molecule has 2 aromatic rings. The van der Waals surface area contributed by atoms with Crippen molar-refractivity contribution in [3.8, 4) is 16.9 Å². The molecule has 4 fully saturated rings. The Morgan fingerprint density at radius 2 is 1.74 bits per heavy atom. The zero-order chi connectivity index (χ0) is 21.6. The van der Waals surface area contributed by atoms with Gasteiger partial charge in [-0.1, -0.05) is 18.2 Å². The number of carbonyl (C=O) groups is 1. The summed E-state index contributed by atoms with van der Waals surface area (Å²) in [6.45, 7) is -0.0944. The summed E-state index contributed by atoms with van der Waals surface area (Å²) in [4.78, 5) is 10.8. The fraction of sp³-hybridized carbons (Fsp3) is 0.444. The van der Waals surface area contributed by atoms with Crippen molar-refractivity contribution in [3.63, 3.8) is 0 Å². The van der Waals surface area contributed by atoms with Crippen molar-refractivity contribution in [2.24, 2.45) is 17.8 Å². The maximum Gasteiger partial charge on any atom is 0.328 e. The molecule has 4 aliphatic rings. The van der Waals surface area contributed by atoms with Crippen molar-refractivity contribution in [1.82, 2.24) is 0 Å². The molecule has 4 heteroatoms. The lowest BCUT2D eigenvalue weighted by molar-refractivity contribution is -0.131. The van der Waals surface area contributed by atoms with Gasteiger partial charge in [-0.05, 0) is 108 Å². The van der Waals surface area contributed by atoms with Crippen molar-refractivity contribution in [1.29, 1.82) is 0 Å². The van der Waals surface area contributed by atoms with E-state index in [4.69, 9.17) is 9.84 Å². The Bertz CT molecular complexity index is 1000. The minimum atomic E-state index is -0.981. The average Bonchev–Trinajstić information content (AvgIpc) is 2.76. The fourth-order valence-corrected chi connectivity index (χ4v) is 7.03. The molecule has 0 heterocycles. The highest BCUT2D eigenvalue weighted by atomic mass is 16.5. The molecule has 0 atom stereocenters. The smallest absolute Gasteiger partial charge is 0.328 e. The Hall–Kier alpha value is -2.59. The maximum absolute atomic E-state index is 10.8. The molecule has 0 saturated heterocycles. The standard InChI is InChI=1S/C27H30O4/c1-31-25-6-4-21(23-5-2-17(3-7-26(29)30)11-22(23)16-28)12-24(25)27-13-18-8-19(14-27)10-20(9-18)15-27/h2-7,11-12,18-20,28H,8-10,13-16H2,1H3,(H,29,30)/b7-3+. The average molecular weight is 419 g/mol. The zero-order valence-electron chi connectivity index (χ0n) is 18.0. The van der Waals surface area contributed by atoms with Gasteiger partial charge in [0, 0.05) is 11.6 Å².